The molecule has 0 aliphatic carbocycles. The normalized spacial score (nSPS) is 11.7. The first-order chi connectivity index (χ1) is 12.6. The van der Waals surface area contributed by atoms with Gasteiger partial charge in [-0.25, -0.2) is 0 Å². The SMILES string of the molecule is CCSc1ccccc1C(=O)N=c1sc2ccccc2n1CC(=O)OC. The number of carbonyl (C=O) groups excluding carboxylic acids is 2. The second kappa shape index (κ2) is 8.33. The van der Waals surface area contributed by atoms with Crippen LogP contribution in [0.5, 0.6) is 0 Å². The number of carbonyl (C=O) groups is 2. The highest BCUT2D eigenvalue weighted by atomic mass is 32.2. The smallest absolute Gasteiger partial charge is 0.325 e. The molecular formula is C19H18N2O3S2. The van der Waals surface area contributed by atoms with E-state index in [2.05, 4.69) is 4.99 Å². The Morgan fingerprint density at radius 3 is 2.65 bits per heavy atom. The van der Waals surface area contributed by atoms with Crippen molar-refractivity contribution in [1.29, 1.82) is 0 Å². The van der Waals surface area contributed by atoms with Gasteiger partial charge in [-0.2, -0.15) is 4.99 Å². The molecule has 0 aliphatic heterocycles. The molecule has 0 radical (unpaired) electrons. The summed E-state index contributed by atoms with van der Waals surface area (Å²) in [5, 5.41) is 0. The first-order valence-electron chi connectivity index (χ1n) is 8.10. The molecule has 1 heterocycles. The number of thiazole rings is 1. The molecule has 5 nitrogen and oxygen atoms in total. The van der Waals surface area contributed by atoms with Crippen LogP contribution >= 0.6 is 23.1 Å². The average Bonchev–Trinajstić information content (AvgIpc) is 2.99. The number of thioether (sulfide) groups is 1. The van der Waals surface area contributed by atoms with E-state index < -0.39 is 0 Å². The van der Waals surface area contributed by atoms with E-state index in [-0.39, 0.29) is 18.4 Å². The van der Waals surface area contributed by atoms with Crippen molar-refractivity contribution in [3.05, 3.63) is 58.9 Å². The fourth-order valence-electron chi connectivity index (χ4n) is 2.52. The van der Waals surface area contributed by atoms with Crippen LogP contribution in [0.15, 0.2) is 58.4 Å². The Labute approximate surface area is 159 Å². The van der Waals surface area contributed by atoms with Gasteiger partial charge < -0.3 is 9.30 Å². The molecule has 0 fully saturated rings. The molecule has 3 aromatic rings. The number of methoxy groups -OCH3 is 1. The maximum atomic E-state index is 12.8. The summed E-state index contributed by atoms with van der Waals surface area (Å²) in [5.74, 6) is 0.173. The minimum absolute atomic E-state index is 0.0119. The summed E-state index contributed by atoms with van der Waals surface area (Å²) in [6.07, 6.45) is 0. The Hall–Kier alpha value is -2.38. The summed E-state index contributed by atoms with van der Waals surface area (Å²) in [7, 11) is 1.34. The van der Waals surface area contributed by atoms with Crippen molar-refractivity contribution in [2.75, 3.05) is 12.9 Å². The van der Waals surface area contributed by atoms with Crippen LogP contribution in [0.1, 0.15) is 17.3 Å². The number of rotatable bonds is 5. The Balaban J connectivity index is 2.11. The molecule has 1 aromatic heterocycles. The molecule has 0 saturated carbocycles. The van der Waals surface area contributed by atoms with Gasteiger partial charge in [-0.1, -0.05) is 42.5 Å². The van der Waals surface area contributed by atoms with Crippen molar-refractivity contribution in [3.8, 4) is 0 Å². The topological polar surface area (TPSA) is 60.7 Å². The maximum Gasteiger partial charge on any atom is 0.325 e. The minimum Gasteiger partial charge on any atom is -0.468 e. The Morgan fingerprint density at radius 1 is 1.15 bits per heavy atom. The molecular weight excluding hydrogens is 368 g/mol. The van der Waals surface area contributed by atoms with Crippen molar-refractivity contribution in [2.24, 2.45) is 4.99 Å². The molecule has 0 unspecified atom stereocenters. The van der Waals surface area contributed by atoms with Crippen LogP contribution in [0.2, 0.25) is 0 Å². The van der Waals surface area contributed by atoms with Gasteiger partial charge in [0.1, 0.15) is 6.54 Å². The van der Waals surface area contributed by atoms with E-state index in [1.54, 1.807) is 22.4 Å². The van der Waals surface area contributed by atoms with Crippen molar-refractivity contribution < 1.29 is 14.3 Å². The van der Waals surface area contributed by atoms with Crippen LogP contribution in [0.4, 0.5) is 0 Å². The monoisotopic (exact) mass is 386 g/mol. The summed E-state index contributed by atoms with van der Waals surface area (Å²) in [5.41, 5.74) is 1.42. The third-order valence-electron chi connectivity index (χ3n) is 3.72. The van der Waals surface area contributed by atoms with Crippen molar-refractivity contribution in [1.82, 2.24) is 4.57 Å². The lowest BCUT2D eigenvalue weighted by atomic mass is 10.2. The number of fused-ring (bicyclic) bond motifs is 1. The minimum atomic E-state index is -0.385. The van der Waals surface area contributed by atoms with E-state index >= 15 is 0 Å². The zero-order chi connectivity index (χ0) is 18.5. The van der Waals surface area contributed by atoms with E-state index in [1.165, 1.54) is 18.4 Å². The van der Waals surface area contributed by atoms with Gasteiger partial charge in [-0.3, -0.25) is 9.59 Å². The van der Waals surface area contributed by atoms with E-state index in [9.17, 15) is 9.59 Å². The highest BCUT2D eigenvalue weighted by molar-refractivity contribution is 7.99. The summed E-state index contributed by atoms with van der Waals surface area (Å²) < 4.78 is 7.46. The quantitative estimate of drug-likeness (QED) is 0.495. The van der Waals surface area contributed by atoms with Gasteiger partial charge in [-0.05, 0) is 30.0 Å². The third-order valence-corrected chi connectivity index (χ3v) is 5.73. The third kappa shape index (κ3) is 3.89. The van der Waals surface area contributed by atoms with Gasteiger partial charge >= 0.3 is 5.97 Å². The summed E-state index contributed by atoms with van der Waals surface area (Å²) in [6.45, 7) is 2.05. The molecule has 0 spiro atoms. The van der Waals surface area contributed by atoms with Gasteiger partial charge in [0.05, 0.1) is 22.9 Å². The van der Waals surface area contributed by atoms with Crippen LogP contribution in [-0.4, -0.2) is 29.3 Å². The summed E-state index contributed by atoms with van der Waals surface area (Å²) in [6, 6.07) is 15.1. The Kier molecular flexibility index (Phi) is 5.90. The lowest BCUT2D eigenvalue weighted by Gasteiger charge is -2.05. The fraction of sp³-hybridized carbons (Fsp3) is 0.211. The zero-order valence-corrected chi connectivity index (χ0v) is 16.1. The fourth-order valence-corrected chi connectivity index (χ4v) is 4.35. The predicted molar refractivity (Wildman–Crippen MR) is 105 cm³/mol. The van der Waals surface area contributed by atoms with Crippen molar-refractivity contribution >= 4 is 45.2 Å². The first kappa shape index (κ1) is 18.4. The Morgan fingerprint density at radius 2 is 1.88 bits per heavy atom. The molecule has 134 valence electrons. The lowest BCUT2D eigenvalue weighted by molar-refractivity contribution is -0.141. The second-order valence-electron chi connectivity index (χ2n) is 5.36. The summed E-state index contributed by atoms with van der Waals surface area (Å²) in [4.78, 5) is 30.3. The number of aromatic nitrogens is 1. The van der Waals surface area contributed by atoms with Crippen LogP contribution in [0.3, 0.4) is 0 Å². The van der Waals surface area contributed by atoms with E-state index in [1.807, 2.05) is 49.4 Å². The molecule has 0 aliphatic rings. The van der Waals surface area contributed by atoms with Gasteiger partial charge in [0.15, 0.2) is 4.80 Å². The number of benzene rings is 2. The molecule has 2 aromatic carbocycles. The molecule has 1 amide bonds. The highest BCUT2D eigenvalue weighted by Crippen LogP contribution is 2.23. The number of amides is 1. The predicted octanol–water partition coefficient (Wildman–Crippen LogP) is 3.73. The van der Waals surface area contributed by atoms with Crippen LogP contribution in [0.25, 0.3) is 10.2 Å². The molecule has 26 heavy (non-hydrogen) atoms. The van der Waals surface area contributed by atoms with E-state index in [4.69, 9.17) is 4.74 Å². The number of nitrogens with zero attached hydrogens (tertiary/aromatic N) is 2. The highest BCUT2D eigenvalue weighted by Gasteiger charge is 2.14. The second-order valence-corrected chi connectivity index (χ2v) is 7.68. The van der Waals surface area contributed by atoms with E-state index in [0.717, 1.165) is 20.9 Å². The number of hydrogen-bond acceptors (Lipinski definition) is 5. The molecule has 0 N–H and O–H groups in total. The number of esters is 1. The molecule has 0 atom stereocenters. The standard InChI is InChI=1S/C19H18N2O3S2/c1-3-25-15-10-6-4-8-13(15)18(23)20-19-21(12-17(22)24-2)14-9-5-7-11-16(14)26-19/h4-11H,3,12H2,1-2H3. The molecule has 0 saturated heterocycles. The Bertz CT molecular complexity index is 1020. The van der Waals surface area contributed by atoms with Gasteiger partial charge in [0.2, 0.25) is 0 Å². The van der Waals surface area contributed by atoms with Crippen LogP contribution in [0, 0.1) is 0 Å². The molecule has 3 rings (SSSR count). The van der Waals surface area contributed by atoms with Gasteiger partial charge in [0, 0.05) is 4.90 Å². The molecule has 0 bridgehead atoms. The van der Waals surface area contributed by atoms with Crippen LogP contribution < -0.4 is 4.80 Å². The van der Waals surface area contributed by atoms with E-state index in [0.29, 0.717) is 10.4 Å². The average molecular weight is 386 g/mol. The molecule has 7 heteroatoms. The lowest BCUT2D eigenvalue weighted by Crippen LogP contribution is -2.22. The number of para-hydroxylation sites is 1. The number of hydrogen-bond donors (Lipinski definition) is 0. The van der Waals surface area contributed by atoms with Crippen molar-refractivity contribution in [3.63, 3.8) is 0 Å². The first-order valence-corrected chi connectivity index (χ1v) is 9.90. The van der Waals surface area contributed by atoms with Crippen LogP contribution in [-0.2, 0) is 16.1 Å². The number of ether oxygens (including phenoxy) is 1. The maximum absolute atomic E-state index is 12.8. The summed E-state index contributed by atoms with van der Waals surface area (Å²) >= 11 is 2.99. The zero-order valence-electron chi connectivity index (χ0n) is 14.5. The largest absolute Gasteiger partial charge is 0.468 e. The van der Waals surface area contributed by atoms with Gasteiger partial charge in [0.25, 0.3) is 5.91 Å². The van der Waals surface area contributed by atoms with Gasteiger partial charge in [-0.15, -0.1) is 11.8 Å². The van der Waals surface area contributed by atoms with Crippen molar-refractivity contribution in [2.45, 2.75) is 18.4 Å².